The minimum absolute atomic E-state index is 0.0613. The van der Waals surface area contributed by atoms with Gasteiger partial charge in [-0.05, 0) is 25.0 Å². The smallest absolute Gasteiger partial charge is 0.326 e. The van der Waals surface area contributed by atoms with Gasteiger partial charge in [0.15, 0.2) is 11.3 Å². The van der Waals surface area contributed by atoms with Crippen molar-refractivity contribution in [2.45, 2.75) is 31.7 Å². The van der Waals surface area contributed by atoms with E-state index >= 15 is 0 Å². The van der Waals surface area contributed by atoms with Gasteiger partial charge in [0.2, 0.25) is 16.9 Å². The van der Waals surface area contributed by atoms with Crippen LogP contribution in [0.3, 0.4) is 0 Å². The molecule has 0 bridgehead atoms. The van der Waals surface area contributed by atoms with E-state index in [0.29, 0.717) is 17.7 Å². The van der Waals surface area contributed by atoms with E-state index in [1.54, 1.807) is 0 Å². The van der Waals surface area contributed by atoms with E-state index in [1.165, 1.54) is 0 Å². The van der Waals surface area contributed by atoms with Crippen LogP contribution in [0.5, 0.6) is 5.75 Å². The summed E-state index contributed by atoms with van der Waals surface area (Å²) in [6.07, 6.45) is -0.0704. The maximum Gasteiger partial charge on any atom is 0.326 e. The fourth-order valence-electron chi connectivity index (χ4n) is 3.31. The Bertz CT molecular complexity index is 1130. The Balaban J connectivity index is 1.60. The van der Waals surface area contributed by atoms with Crippen molar-refractivity contribution < 1.29 is 33.9 Å². The van der Waals surface area contributed by atoms with Crippen molar-refractivity contribution in [3.8, 4) is 5.75 Å². The summed E-state index contributed by atoms with van der Waals surface area (Å²) in [5.74, 6) is -2.23. The first kappa shape index (κ1) is 21.9. The Morgan fingerprint density at radius 2 is 1.81 bits per heavy atom. The number of para-hydroxylation sites is 3. The Morgan fingerprint density at radius 1 is 1.06 bits per heavy atom. The number of aromatic nitrogens is 2. The van der Waals surface area contributed by atoms with Crippen molar-refractivity contribution in [3.05, 3.63) is 42.5 Å². The highest BCUT2D eigenvalue weighted by Gasteiger charge is 2.21. The summed E-state index contributed by atoms with van der Waals surface area (Å²) in [6.45, 7) is 0.248. The molecule has 0 radical (unpaired) electrons. The number of benzene rings is 2. The summed E-state index contributed by atoms with van der Waals surface area (Å²) >= 11 is 0. The molecule has 162 valence electrons. The van der Waals surface area contributed by atoms with Crippen LogP contribution < -0.4 is 14.6 Å². The van der Waals surface area contributed by atoms with Gasteiger partial charge in [-0.3, -0.25) is 9.59 Å². The van der Waals surface area contributed by atoms with Crippen LogP contribution in [0.2, 0.25) is 0 Å². The topological polar surface area (TPSA) is 130 Å². The molecule has 0 saturated heterocycles. The van der Waals surface area contributed by atoms with Crippen LogP contribution in [0.25, 0.3) is 22.1 Å². The number of carbonyl (C=O) groups excluding carboxylic acids is 1. The Labute approximate surface area is 178 Å². The van der Waals surface area contributed by atoms with Gasteiger partial charge < -0.3 is 20.3 Å². The molecular formula is C22H24N3O6+. The average molecular weight is 426 g/mol. The number of carbonyl (C=O) groups is 3. The van der Waals surface area contributed by atoms with E-state index < -0.39 is 23.9 Å². The molecule has 1 atom stereocenters. The number of hydrogen-bond donors (Lipinski definition) is 3. The van der Waals surface area contributed by atoms with Crippen LogP contribution in [0.4, 0.5) is 0 Å². The van der Waals surface area contributed by atoms with Crippen molar-refractivity contribution >= 4 is 39.9 Å². The zero-order valence-electron chi connectivity index (χ0n) is 17.1. The van der Waals surface area contributed by atoms with Crippen molar-refractivity contribution in [2.24, 2.45) is 7.05 Å². The second-order valence-electron chi connectivity index (χ2n) is 7.13. The fraction of sp³-hybridized carbons (Fsp3) is 0.318. The SMILES string of the molecule is C[n+]1c2ccccc2nc2c(OCCCC(=O)NC(CCC(=O)O)C(=O)O)cccc21. The Kier molecular flexibility index (Phi) is 6.96. The molecule has 0 aliphatic rings. The predicted octanol–water partition coefficient (Wildman–Crippen LogP) is 1.81. The molecular weight excluding hydrogens is 402 g/mol. The molecule has 1 aromatic heterocycles. The van der Waals surface area contributed by atoms with Crippen molar-refractivity contribution in [1.82, 2.24) is 10.3 Å². The number of rotatable bonds is 10. The molecule has 31 heavy (non-hydrogen) atoms. The van der Waals surface area contributed by atoms with Crippen LogP contribution in [0.15, 0.2) is 42.5 Å². The molecule has 0 aliphatic heterocycles. The third kappa shape index (κ3) is 5.44. The number of aliphatic carboxylic acids is 2. The number of carboxylic acids is 2. The molecule has 1 heterocycles. The standard InChI is InChI=1S/C22H23N3O6/c1-25-16-7-3-2-6-14(16)24-21-17(25)8-4-9-18(21)31-13-5-10-19(26)23-15(22(29)30)11-12-20(27)28/h2-4,6-9,15H,5,10-13H2,1H3,(H2-,23,26,27,28,29,30)/p+1. The van der Waals surface area contributed by atoms with Crippen molar-refractivity contribution in [1.29, 1.82) is 0 Å². The van der Waals surface area contributed by atoms with E-state index in [-0.39, 0.29) is 25.9 Å². The monoisotopic (exact) mass is 426 g/mol. The first-order chi connectivity index (χ1) is 14.9. The van der Waals surface area contributed by atoms with Crippen LogP contribution in [-0.2, 0) is 21.4 Å². The molecule has 3 rings (SSSR count). The molecule has 1 amide bonds. The summed E-state index contributed by atoms with van der Waals surface area (Å²) < 4.78 is 7.90. The largest absolute Gasteiger partial charge is 0.491 e. The first-order valence-electron chi connectivity index (χ1n) is 9.91. The summed E-state index contributed by atoms with van der Waals surface area (Å²) in [5.41, 5.74) is 3.47. The zero-order chi connectivity index (χ0) is 22.4. The van der Waals surface area contributed by atoms with E-state index in [2.05, 4.69) is 5.32 Å². The predicted molar refractivity (Wildman–Crippen MR) is 112 cm³/mol. The van der Waals surface area contributed by atoms with Gasteiger partial charge >= 0.3 is 11.9 Å². The van der Waals surface area contributed by atoms with Crippen LogP contribution in [-0.4, -0.2) is 45.7 Å². The number of nitrogens with one attached hydrogen (secondary N) is 1. The molecule has 0 aliphatic carbocycles. The van der Waals surface area contributed by atoms with Crippen LogP contribution in [0, 0.1) is 0 Å². The van der Waals surface area contributed by atoms with Gasteiger partial charge in [0, 0.05) is 25.0 Å². The highest BCUT2D eigenvalue weighted by atomic mass is 16.5. The minimum Gasteiger partial charge on any atom is -0.491 e. The first-order valence-corrected chi connectivity index (χ1v) is 9.91. The van der Waals surface area contributed by atoms with Crippen molar-refractivity contribution in [2.75, 3.05) is 6.61 Å². The normalized spacial score (nSPS) is 11.9. The summed E-state index contributed by atoms with van der Waals surface area (Å²) in [7, 11) is 1.96. The van der Waals surface area contributed by atoms with Gasteiger partial charge in [0.25, 0.3) is 0 Å². The minimum atomic E-state index is -1.26. The van der Waals surface area contributed by atoms with Crippen LogP contribution in [0.1, 0.15) is 25.7 Å². The third-order valence-electron chi connectivity index (χ3n) is 4.90. The number of aryl methyl sites for hydroxylation is 1. The summed E-state index contributed by atoms with van der Waals surface area (Å²) in [6, 6.07) is 12.2. The average Bonchev–Trinajstić information content (AvgIpc) is 2.74. The van der Waals surface area contributed by atoms with Crippen LogP contribution >= 0.6 is 0 Å². The van der Waals surface area contributed by atoms with Gasteiger partial charge in [-0.2, -0.15) is 4.57 Å². The number of carboxylic acid groups (broad SMARTS) is 2. The lowest BCUT2D eigenvalue weighted by Crippen LogP contribution is -2.41. The third-order valence-corrected chi connectivity index (χ3v) is 4.90. The number of ether oxygens (including phenoxy) is 1. The highest BCUT2D eigenvalue weighted by molar-refractivity contribution is 5.85. The van der Waals surface area contributed by atoms with Gasteiger partial charge in [-0.15, -0.1) is 0 Å². The molecule has 1 unspecified atom stereocenters. The number of fused-ring (bicyclic) bond motifs is 2. The van der Waals surface area contributed by atoms with E-state index in [4.69, 9.17) is 19.9 Å². The molecule has 0 spiro atoms. The molecule has 0 saturated carbocycles. The van der Waals surface area contributed by atoms with Gasteiger partial charge in [0.05, 0.1) is 6.61 Å². The molecule has 9 heteroatoms. The maximum atomic E-state index is 12.0. The fourth-order valence-corrected chi connectivity index (χ4v) is 3.31. The highest BCUT2D eigenvalue weighted by Crippen LogP contribution is 2.23. The second-order valence-corrected chi connectivity index (χ2v) is 7.13. The molecule has 2 aromatic carbocycles. The lowest BCUT2D eigenvalue weighted by molar-refractivity contribution is -0.618. The summed E-state index contributed by atoms with van der Waals surface area (Å²) in [5, 5.41) is 20.1. The molecule has 9 nitrogen and oxygen atoms in total. The number of nitrogens with zero attached hydrogens (tertiary/aromatic N) is 2. The Hall–Kier alpha value is -3.75. The zero-order valence-corrected chi connectivity index (χ0v) is 17.1. The Morgan fingerprint density at radius 3 is 2.55 bits per heavy atom. The van der Waals surface area contributed by atoms with Gasteiger partial charge in [-0.25, -0.2) is 9.78 Å². The van der Waals surface area contributed by atoms with Crippen molar-refractivity contribution in [3.63, 3.8) is 0 Å². The maximum absolute atomic E-state index is 12.0. The molecule has 3 aromatic rings. The summed E-state index contributed by atoms with van der Waals surface area (Å²) in [4.78, 5) is 38.5. The quantitative estimate of drug-likeness (QED) is 0.256. The number of hydrogen-bond acceptors (Lipinski definition) is 5. The molecule has 0 fully saturated rings. The van der Waals surface area contributed by atoms with E-state index in [9.17, 15) is 14.4 Å². The second kappa shape index (κ2) is 9.84. The van der Waals surface area contributed by atoms with E-state index in [0.717, 1.165) is 16.6 Å². The lowest BCUT2D eigenvalue weighted by atomic mass is 10.1. The van der Waals surface area contributed by atoms with E-state index in [1.807, 2.05) is 54.1 Å². The lowest BCUT2D eigenvalue weighted by Gasteiger charge is -2.13. The molecule has 3 N–H and O–H groups in total. The van der Waals surface area contributed by atoms with Gasteiger partial charge in [0.1, 0.15) is 18.6 Å². The number of amides is 1. The van der Waals surface area contributed by atoms with Gasteiger partial charge in [-0.1, -0.05) is 18.2 Å².